The summed E-state index contributed by atoms with van der Waals surface area (Å²) < 4.78 is 19.8. The van der Waals surface area contributed by atoms with Crippen LogP contribution in [0.5, 0.6) is 11.5 Å². The summed E-state index contributed by atoms with van der Waals surface area (Å²) in [5.41, 5.74) is 5.83. The Hall–Kier alpha value is -6.00. The minimum atomic E-state index is -0.949. The highest BCUT2D eigenvalue weighted by atomic mass is 32.1. The lowest BCUT2D eigenvalue weighted by Crippen LogP contribution is -2.57. The summed E-state index contributed by atoms with van der Waals surface area (Å²) in [6.45, 7) is 26.2. The molecule has 2 aliphatic heterocycles. The number of aromatic nitrogens is 2. The molecule has 0 radical (unpaired) electrons. The Labute approximate surface area is 473 Å². The molecule has 2 aliphatic rings. The van der Waals surface area contributed by atoms with Gasteiger partial charge in [0.15, 0.2) is 0 Å². The van der Waals surface area contributed by atoms with Gasteiger partial charge in [-0.05, 0) is 75.6 Å². The minimum Gasteiger partial charge on any atom is -0.493 e. The number of aliphatic hydroxyl groups is 2. The second-order valence-corrected chi connectivity index (χ2v) is 25.9. The number of nitrogens with one attached hydrogen (secondary N) is 4. The fraction of sp³-hybridized carbons (Fsp3) is 0.586. The first-order valence-electron chi connectivity index (χ1n) is 26.9. The van der Waals surface area contributed by atoms with Crippen molar-refractivity contribution in [2.45, 2.75) is 183 Å². The van der Waals surface area contributed by atoms with Gasteiger partial charge in [0.25, 0.3) is 0 Å². The van der Waals surface area contributed by atoms with Gasteiger partial charge in [0.1, 0.15) is 41.3 Å². The van der Waals surface area contributed by atoms with Crippen molar-refractivity contribution in [3.8, 4) is 32.4 Å². The van der Waals surface area contributed by atoms with E-state index in [9.17, 15) is 39.0 Å². The zero-order valence-corrected chi connectivity index (χ0v) is 50.0. The van der Waals surface area contributed by atoms with Gasteiger partial charge in [0.2, 0.25) is 35.4 Å². The summed E-state index contributed by atoms with van der Waals surface area (Å²) in [7, 11) is 0. The summed E-state index contributed by atoms with van der Waals surface area (Å²) in [6, 6.07) is 7.91. The quantitative estimate of drug-likeness (QED) is 0.0485. The lowest BCUT2D eigenvalue weighted by atomic mass is 9.85. The summed E-state index contributed by atoms with van der Waals surface area (Å²) in [4.78, 5) is 93.3. The Morgan fingerprint density at radius 1 is 0.633 bits per heavy atom. The number of ether oxygens (including phenoxy) is 3. The third kappa shape index (κ3) is 16.6. The number of hydrogen-bond donors (Lipinski definition) is 6. The van der Waals surface area contributed by atoms with E-state index in [-0.39, 0.29) is 57.4 Å². The van der Waals surface area contributed by atoms with E-state index < -0.39 is 82.0 Å². The van der Waals surface area contributed by atoms with Crippen LogP contribution in [-0.2, 0) is 46.6 Å². The first kappa shape index (κ1) is 62.2. The topological polar surface area (TPSA) is 251 Å². The van der Waals surface area contributed by atoms with E-state index in [1.54, 1.807) is 11.0 Å². The second kappa shape index (κ2) is 25.6. The highest BCUT2D eigenvalue weighted by molar-refractivity contribution is 7.13. The van der Waals surface area contributed by atoms with Crippen molar-refractivity contribution in [2.24, 2.45) is 10.8 Å². The largest absolute Gasteiger partial charge is 0.493 e. The van der Waals surface area contributed by atoms with Gasteiger partial charge >= 0.3 is 0 Å². The molecule has 0 aliphatic carbocycles. The summed E-state index contributed by atoms with van der Waals surface area (Å²) >= 11 is 3.03. The summed E-state index contributed by atoms with van der Waals surface area (Å²) in [6.07, 6.45) is -0.723. The van der Waals surface area contributed by atoms with Gasteiger partial charge in [-0.3, -0.25) is 28.8 Å². The van der Waals surface area contributed by atoms with Crippen molar-refractivity contribution in [1.29, 1.82) is 0 Å². The molecule has 6 atom stereocenters. The summed E-state index contributed by atoms with van der Waals surface area (Å²) in [5.74, 6) is -1.37. The lowest BCUT2D eigenvalue weighted by molar-refractivity contribution is -0.143. The molecule has 0 bridgehead atoms. The number of β-amino-alcohol motifs (C(OH)–C–C–N with tert-alkyl or cyclic N) is 2. The van der Waals surface area contributed by atoms with Crippen molar-refractivity contribution >= 4 is 58.1 Å². The van der Waals surface area contributed by atoms with Gasteiger partial charge < -0.3 is 55.5 Å². The van der Waals surface area contributed by atoms with Crippen LogP contribution in [0.3, 0.4) is 0 Å². The van der Waals surface area contributed by atoms with Gasteiger partial charge in [-0.25, -0.2) is 9.97 Å². The van der Waals surface area contributed by atoms with Crippen LogP contribution in [0.2, 0.25) is 0 Å². The number of nitrogens with zero attached hydrogens (tertiary/aromatic N) is 4. The Morgan fingerprint density at radius 3 is 1.46 bits per heavy atom. The zero-order chi connectivity index (χ0) is 58.4. The molecule has 432 valence electrons. The van der Waals surface area contributed by atoms with Crippen LogP contribution >= 0.6 is 22.7 Å². The maximum atomic E-state index is 13.9. The van der Waals surface area contributed by atoms with Crippen molar-refractivity contribution in [2.75, 3.05) is 26.3 Å². The molecule has 0 spiro atoms. The molecule has 2 aromatic heterocycles. The Balaban J connectivity index is 1.10. The zero-order valence-electron chi connectivity index (χ0n) is 48.3. The maximum absolute atomic E-state index is 13.9. The van der Waals surface area contributed by atoms with E-state index >= 15 is 0 Å². The SMILES string of the molecule is CC(=O)N[C@H](C(=O)N1C[C@H](O)C[C@H]1C(=O)NCc1ccc(-c2scnc2C)cc1OCCC(C)(C)OCCC(C)(C)Oc1cc(-c2scnc2C)ccc1CNC(=O)[C@@H]1C[C@@H](O)CN1C(=O)[C@@H](NC(C)=O)C(C)(C)C)C(C)(C)C. The fourth-order valence-electron chi connectivity index (χ4n) is 9.72. The molecular weight excluding hydrogens is 1050 g/mol. The number of carbonyl (C=O) groups is 6. The van der Waals surface area contributed by atoms with Crippen LogP contribution in [0, 0.1) is 24.7 Å². The van der Waals surface area contributed by atoms with Crippen LogP contribution in [-0.4, -0.2) is 139 Å². The molecule has 79 heavy (non-hydrogen) atoms. The molecule has 0 saturated carbocycles. The first-order valence-corrected chi connectivity index (χ1v) is 28.7. The Kier molecular flexibility index (Phi) is 20.2. The fourth-order valence-corrected chi connectivity index (χ4v) is 11.3. The molecule has 2 saturated heterocycles. The standard InChI is InChI=1S/C58H82N8O11S2/c1-33-47(78-31-61-33)37-15-17-39(27-59-51(71)43-25-41(69)29-65(43)53(73)49(55(5,6)7)63-35(3)67)45(23-37)75-21-19-57(11,12)76-22-20-58(13,14)77-46-24-38(48-34(2)62-32-79-48)16-18-40(46)28-60-52(72)44-26-42(70)30-66(44)54(74)50(56(8,9)10)64-36(4)68/h15-18,23-24,31-32,41-44,49-50,69-70H,19-22,25-30H2,1-14H3,(H,59,71)(H,60,72)(H,63,67)(H,64,68)/t41-,42-,43+,44+,49-,50-/m1/s1. The number of amides is 6. The highest BCUT2D eigenvalue weighted by Crippen LogP contribution is 2.36. The normalized spacial score (nSPS) is 18.7. The molecule has 6 amide bonds. The van der Waals surface area contributed by atoms with E-state index in [1.165, 1.54) is 46.3 Å². The number of likely N-dealkylation sites (tertiary alicyclic amines) is 2. The molecule has 2 aromatic carbocycles. The molecule has 6 N–H and O–H groups in total. The number of aliphatic hydroxyl groups excluding tert-OH is 2. The van der Waals surface area contributed by atoms with E-state index in [4.69, 9.17) is 14.2 Å². The van der Waals surface area contributed by atoms with Gasteiger partial charge in [0.05, 0.1) is 63.2 Å². The van der Waals surface area contributed by atoms with Gasteiger partial charge in [-0.1, -0.05) is 65.8 Å². The number of thiazole rings is 2. The number of benzene rings is 2. The minimum absolute atomic E-state index is 0.0331. The average molecular weight is 1130 g/mol. The van der Waals surface area contributed by atoms with Crippen molar-refractivity contribution in [3.63, 3.8) is 0 Å². The van der Waals surface area contributed by atoms with Gasteiger partial charge in [-0.2, -0.15) is 0 Å². The Morgan fingerprint density at radius 2 is 1.05 bits per heavy atom. The number of hydrogen-bond acceptors (Lipinski definition) is 15. The van der Waals surface area contributed by atoms with Crippen molar-refractivity contribution in [1.82, 2.24) is 41.0 Å². The monoisotopic (exact) mass is 1130 g/mol. The number of rotatable bonds is 22. The summed E-state index contributed by atoms with van der Waals surface area (Å²) in [5, 5.41) is 32.8. The molecule has 19 nitrogen and oxygen atoms in total. The van der Waals surface area contributed by atoms with E-state index in [0.29, 0.717) is 42.1 Å². The molecule has 2 fully saturated rings. The van der Waals surface area contributed by atoms with Crippen LogP contribution in [0.1, 0.15) is 131 Å². The van der Waals surface area contributed by atoms with Crippen LogP contribution < -0.4 is 30.7 Å². The van der Waals surface area contributed by atoms with E-state index in [2.05, 4.69) is 31.2 Å². The predicted molar refractivity (Wildman–Crippen MR) is 304 cm³/mol. The highest BCUT2D eigenvalue weighted by Gasteiger charge is 2.46. The van der Waals surface area contributed by atoms with E-state index in [1.807, 2.05) is 119 Å². The average Bonchev–Trinajstić information content (AvgIpc) is 4.23. The predicted octanol–water partition coefficient (Wildman–Crippen LogP) is 6.62. The number of carbonyl (C=O) groups excluding carboxylic acids is 6. The third-order valence-electron chi connectivity index (χ3n) is 14.3. The van der Waals surface area contributed by atoms with Crippen molar-refractivity contribution < 1.29 is 53.2 Å². The molecule has 21 heteroatoms. The third-order valence-corrected chi connectivity index (χ3v) is 16.2. The molecule has 4 aromatic rings. The molecular formula is C58H82N8O11S2. The van der Waals surface area contributed by atoms with Crippen LogP contribution in [0.15, 0.2) is 47.4 Å². The molecule has 4 heterocycles. The van der Waals surface area contributed by atoms with Crippen LogP contribution in [0.4, 0.5) is 0 Å². The van der Waals surface area contributed by atoms with Gasteiger partial charge in [-0.15, -0.1) is 22.7 Å². The number of aryl methyl sites for hydroxylation is 2. The smallest absolute Gasteiger partial charge is 0.246 e. The van der Waals surface area contributed by atoms with Crippen LogP contribution in [0.25, 0.3) is 20.9 Å². The Bertz CT molecular complexity index is 2830. The maximum Gasteiger partial charge on any atom is 0.246 e. The van der Waals surface area contributed by atoms with Gasteiger partial charge in [0, 0.05) is 76.8 Å². The second-order valence-electron chi connectivity index (χ2n) is 24.2. The first-order chi connectivity index (χ1) is 36.8. The van der Waals surface area contributed by atoms with Crippen molar-refractivity contribution in [3.05, 3.63) is 69.9 Å². The molecule has 6 rings (SSSR count). The molecule has 0 unspecified atom stereocenters. The lowest BCUT2D eigenvalue weighted by Gasteiger charge is -2.35. The van der Waals surface area contributed by atoms with E-state index in [0.717, 1.165) is 32.3 Å².